The molecule has 1 N–H and O–H groups in total. The van der Waals surface area contributed by atoms with Crippen LogP contribution in [0.1, 0.15) is 27.7 Å². The number of aromatic nitrogens is 2. The molecule has 0 amide bonds. The molecule has 6 heteroatoms. The van der Waals surface area contributed by atoms with Crippen LogP contribution in [0.3, 0.4) is 0 Å². The first-order valence-corrected chi connectivity index (χ1v) is 7.33. The average molecular weight is 305 g/mol. The van der Waals surface area contributed by atoms with Gasteiger partial charge in [0.1, 0.15) is 5.82 Å². The normalized spacial score (nSPS) is 20.0. The second-order valence-corrected chi connectivity index (χ2v) is 6.67. The van der Waals surface area contributed by atoms with Gasteiger partial charge in [0.25, 0.3) is 0 Å². The van der Waals surface area contributed by atoms with Crippen molar-refractivity contribution in [3.05, 3.63) is 35.6 Å². The van der Waals surface area contributed by atoms with Crippen LogP contribution < -0.4 is 5.46 Å². The molecular formula is C15H18BClN2O2. The van der Waals surface area contributed by atoms with Crippen LogP contribution in [-0.2, 0) is 9.31 Å². The third-order valence-corrected chi connectivity index (χ3v) is 4.60. The molecule has 0 bridgehead atoms. The zero-order valence-electron chi connectivity index (χ0n) is 12.6. The third-order valence-electron chi connectivity index (χ3n) is 4.27. The first-order chi connectivity index (χ1) is 9.80. The van der Waals surface area contributed by atoms with Crippen molar-refractivity contribution in [2.45, 2.75) is 38.9 Å². The van der Waals surface area contributed by atoms with Crippen LogP contribution in [0, 0.1) is 0 Å². The molecule has 110 valence electrons. The SMILES string of the molecule is CC1(C)OB(c2ccc(Cl)c(-c3ncc[nH]3)c2)OC1(C)C. The molecule has 0 radical (unpaired) electrons. The number of hydrogen-bond donors (Lipinski definition) is 1. The quantitative estimate of drug-likeness (QED) is 0.868. The van der Waals surface area contributed by atoms with E-state index in [9.17, 15) is 0 Å². The van der Waals surface area contributed by atoms with Crippen molar-refractivity contribution in [2.24, 2.45) is 0 Å². The van der Waals surface area contributed by atoms with Crippen molar-refractivity contribution in [3.63, 3.8) is 0 Å². The first-order valence-electron chi connectivity index (χ1n) is 6.95. The van der Waals surface area contributed by atoms with Gasteiger partial charge in [-0.3, -0.25) is 0 Å². The van der Waals surface area contributed by atoms with Crippen LogP contribution in [-0.4, -0.2) is 28.3 Å². The minimum absolute atomic E-state index is 0.359. The Balaban J connectivity index is 1.97. The van der Waals surface area contributed by atoms with Gasteiger partial charge in [-0.05, 0) is 45.3 Å². The number of rotatable bonds is 2. The van der Waals surface area contributed by atoms with Gasteiger partial charge in [-0.1, -0.05) is 17.7 Å². The summed E-state index contributed by atoms with van der Waals surface area (Å²) >= 11 is 6.26. The summed E-state index contributed by atoms with van der Waals surface area (Å²) in [5.41, 5.74) is 1.06. The van der Waals surface area contributed by atoms with E-state index in [0.29, 0.717) is 5.02 Å². The lowest BCUT2D eigenvalue weighted by atomic mass is 9.78. The zero-order valence-corrected chi connectivity index (χ0v) is 13.4. The fourth-order valence-corrected chi connectivity index (χ4v) is 2.47. The summed E-state index contributed by atoms with van der Waals surface area (Å²) in [6.45, 7) is 8.15. The van der Waals surface area contributed by atoms with E-state index in [0.717, 1.165) is 16.9 Å². The average Bonchev–Trinajstić information content (AvgIpc) is 2.97. The molecular weight excluding hydrogens is 286 g/mol. The summed E-state index contributed by atoms with van der Waals surface area (Å²) in [4.78, 5) is 7.32. The van der Waals surface area contributed by atoms with Crippen molar-refractivity contribution in [1.82, 2.24) is 9.97 Å². The van der Waals surface area contributed by atoms with E-state index in [2.05, 4.69) is 9.97 Å². The van der Waals surface area contributed by atoms with Gasteiger partial charge in [0.05, 0.1) is 16.2 Å². The standard InChI is InChI=1S/C15H18BClN2O2/c1-14(2)15(3,4)21-16(20-14)10-5-6-12(17)11(9-10)13-18-7-8-19-13/h5-9H,1-4H3,(H,18,19). The Hall–Kier alpha value is -1.30. The van der Waals surface area contributed by atoms with Gasteiger partial charge < -0.3 is 14.3 Å². The van der Waals surface area contributed by atoms with E-state index >= 15 is 0 Å². The van der Waals surface area contributed by atoms with Gasteiger partial charge in [0, 0.05) is 18.0 Å². The van der Waals surface area contributed by atoms with Crippen LogP contribution in [0.15, 0.2) is 30.6 Å². The highest BCUT2D eigenvalue weighted by atomic mass is 35.5. The van der Waals surface area contributed by atoms with Crippen molar-refractivity contribution in [1.29, 1.82) is 0 Å². The second kappa shape index (κ2) is 4.87. The lowest BCUT2D eigenvalue weighted by molar-refractivity contribution is 0.00578. The molecule has 2 heterocycles. The summed E-state index contributed by atoms with van der Waals surface area (Å²) in [6, 6.07) is 5.74. The van der Waals surface area contributed by atoms with Crippen molar-refractivity contribution in [2.75, 3.05) is 0 Å². The molecule has 0 aliphatic carbocycles. The van der Waals surface area contributed by atoms with Crippen LogP contribution in [0.2, 0.25) is 5.02 Å². The topological polar surface area (TPSA) is 47.1 Å². The molecule has 0 spiro atoms. The Bertz CT molecular complexity index is 640. The van der Waals surface area contributed by atoms with E-state index in [1.54, 1.807) is 12.4 Å². The van der Waals surface area contributed by atoms with Gasteiger partial charge in [-0.15, -0.1) is 0 Å². The largest absolute Gasteiger partial charge is 0.494 e. The maximum atomic E-state index is 6.26. The number of H-pyrrole nitrogens is 1. The summed E-state index contributed by atoms with van der Waals surface area (Å²) in [5.74, 6) is 0.735. The van der Waals surface area contributed by atoms with Crippen molar-refractivity contribution in [3.8, 4) is 11.4 Å². The molecule has 1 fully saturated rings. The van der Waals surface area contributed by atoms with E-state index in [4.69, 9.17) is 20.9 Å². The van der Waals surface area contributed by atoms with Crippen LogP contribution in [0.5, 0.6) is 0 Å². The number of hydrogen-bond acceptors (Lipinski definition) is 3. The Labute approximate surface area is 130 Å². The number of halogens is 1. The van der Waals surface area contributed by atoms with Crippen LogP contribution in [0.25, 0.3) is 11.4 Å². The van der Waals surface area contributed by atoms with E-state index in [-0.39, 0.29) is 11.2 Å². The van der Waals surface area contributed by atoms with Gasteiger partial charge in [-0.2, -0.15) is 0 Å². The van der Waals surface area contributed by atoms with Gasteiger partial charge in [0.2, 0.25) is 0 Å². The maximum Gasteiger partial charge on any atom is 0.494 e. The van der Waals surface area contributed by atoms with Gasteiger partial charge >= 0.3 is 7.12 Å². The van der Waals surface area contributed by atoms with Crippen molar-refractivity contribution < 1.29 is 9.31 Å². The number of imidazole rings is 1. The van der Waals surface area contributed by atoms with Gasteiger partial charge in [0.15, 0.2) is 0 Å². The van der Waals surface area contributed by atoms with E-state index < -0.39 is 7.12 Å². The number of benzene rings is 1. The van der Waals surface area contributed by atoms with Crippen molar-refractivity contribution >= 4 is 24.2 Å². The molecule has 0 saturated carbocycles. The van der Waals surface area contributed by atoms with E-state index in [1.807, 2.05) is 45.9 Å². The highest BCUT2D eigenvalue weighted by Gasteiger charge is 2.51. The van der Waals surface area contributed by atoms with Crippen LogP contribution >= 0.6 is 11.6 Å². The Morgan fingerprint density at radius 3 is 2.38 bits per heavy atom. The molecule has 1 aliphatic rings. The molecule has 3 rings (SSSR count). The molecule has 1 aliphatic heterocycles. The fraction of sp³-hybridized carbons (Fsp3) is 0.400. The Morgan fingerprint density at radius 1 is 1.14 bits per heavy atom. The smallest absolute Gasteiger partial charge is 0.399 e. The lowest BCUT2D eigenvalue weighted by Gasteiger charge is -2.32. The Morgan fingerprint density at radius 2 is 1.81 bits per heavy atom. The number of nitrogens with zero attached hydrogens (tertiary/aromatic N) is 1. The third kappa shape index (κ3) is 2.50. The molecule has 0 unspecified atom stereocenters. The summed E-state index contributed by atoms with van der Waals surface area (Å²) in [5, 5.41) is 0.644. The summed E-state index contributed by atoms with van der Waals surface area (Å²) in [6.07, 6.45) is 3.47. The lowest BCUT2D eigenvalue weighted by Crippen LogP contribution is -2.41. The molecule has 1 aromatic carbocycles. The molecule has 1 aromatic heterocycles. The van der Waals surface area contributed by atoms with Gasteiger partial charge in [-0.25, -0.2) is 4.98 Å². The molecule has 1 saturated heterocycles. The predicted octanol–water partition coefficient (Wildman–Crippen LogP) is 3.03. The summed E-state index contributed by atoms with van der Waals surface area (Å²) < 4.78 is 12.1. The highest BCUT2D eigenvalue weighted by Crippen LogP contribution is 2.37. The minimum atomic E-state index is -0.402. The van der Waals surface area contributed by atoms with E-state index in [1.165, 1.54) is 0 Å². The van der Waals surface area contributed by atoms with Crippen LogP contribution in [0.4, 0.5) is 0 Å². The molecule has 2 aromatic rings. The zero-order chi connectivity index (χ0) is 15.3. The first kappa shape index (κ1) is 14.6. The molecule has 21 heavy (non-hydrogen) atoms. The summed E-state index contributed by atoms with van der Waals surface area (Å²) in [7, 11) is -0.402. The maximum absolute atomic E-state index is 6.26. The fourth-order valence-electron chi connectivity index (χ4n) is 2.26. The Kier molecular flexibility index (Phi) is 3.39. The number of aromatic amines is 1. The highest BCUT2D eigenvalue weighted by molar-refractivity contribution is 6.62. The second-order valence-electron chi connectivity index (χ2n) is 6.27. The number of nitrogens with one attached hydrogen (secondary N) is 1. The minimum Gasteiger partial charge on any atom is -0.399 e. The molecule has 4 nitrogen and oxygen atoms in total. The predicted molar refractivity (Wildman–Crippen MR) is 84.7 cm³/mol. The monoisotopic (exact) mass is 304 g/mol. The molecule has 0 atom stereocenters.